The first-order valence-electron chi connectivity index (χ1n) is 7.73. The van der Waals surface area contributed by atoms with Crippen LogP contribution in [0.4, 0.5) is 5.69 Å². The molecule has 0 radical (unpaired) electrons. The second-order valence-corrected chi connectivity index (χ2v) is 7.69. The van der Waals surface area contributed by atoms with Crippen LogP contribution in [0.25, 0.3) is 0 Å². The van der Waals surface area contributed by atoms with Gasteiger partial charge >= 0.3 is 0 Å². The molecule has 1 fully saturated rings. The van der Waals surface area contributed by atoms with Crippen molar-refractivity contribution < 1.29 is 13.2 Å². The summed E-state index contributed by atoms with van der Waals surface area (Å²) in [6.45, 7) is 3.90. The molecule has 1 saturated heterocycles. The molecule has 1 N–H and O–H groups in total. The lowest BCUT2D eigenvalue weighted by molar-refractivity contribution is 0.0843. The highest BCUT2D eigenvalue weighted by atomic mass is 32.2. The lowest BCUT2D eigenvalue weighted by atomic mass is 10.0. The predicted octanol–water partition coefficient (Wildman–Crippen LogP) is 2.51. The third-order valence-electron chi connectivity index (χ3n) is 4.04. The summed E-state index contributed by atoms with van der Waals surface area (Å²) in [6, 6.07) is 6.49. The first-order valence-corrected chi connectivity index (χ1v) is 9.62. The van der Waals surface area contributed by atoms with Crippen molar-refractivity contribution in [1.29, 1.82) is 0 Å². The summed E-state index contributed by atoms with van der Waals surface area (Å²) in [7, 11) is -3.29. The first kappa shape index (κ1) is 17.0. The molecule has 22 heavy (non-hydrogen) atoms. The van der Waals surface area contributed by atoms with Crippen molar-refractivity contribution in [2.24, 2.45) is 0 Å². The molecule has 122 valence electrons. The standard InChI is InChI=1S/C16H24N2O3S/c1-13(18-11-5-3-4-6-12-18)16(19)14-7-9-15(10-8-14)17-22(2,20)21/h7-10,13,17H,3-6,11-12H2,1-2H3. The lowest BCUT2D eigenvalue weighted by Crippen LogP contribution is -2.39. The summed E-state index contributed by atoms with van der Waals surface area (Å²) in [5.74, 6) is 0.0906. The van der Waals surface area contributed by atoms with Crippen LogP contribution in [0, 0.1) is 0 Å². The van der Waals surface area contributed by atoms with Crippen molar-refractivity contribution in [3.8, 4) is 0 Å². The number of benzene rings is 1. The van der Waals surface area contributed by atoms with Crippen LogP contribution in [0.5, 0.6) is 0 Å². The van der Waals surface area contributed by atoms with Gasteiger partial charge in [0.15, 0.2) is 5.78 Å². The Morgan fingerprint density at radius 3 is 2.14 bits per heavy atom. The molecule has 1 aliphatic heterocycles. The summed E-state index contributed by atoms with van der Waals surface area (Å²) < 4.78 is 24.8. The molecule has 0 bridgehead atoms. The van der Waals surface area contributed by atoms with Crippen molar-refractivity contribution in [1.82, 2.24) is 4.90 Å². The topological polar surface area (TPSA) is 66.5 Å². The van der Waals surface area contributed by atoms with E-state index in [1.165, 1.54) is 12.8 Å². The average molecular weight is 324 g/mol. The largest absolute Gasteiger partial charge is 0.294 e. The second-order valence-electron chi connectivity index (χ2n) is 5.94. The number of carbonyl (C=O) groups excluding carboxylic acids is 1. The van der Waals surface area contributed by atoms with Gasteiger partial charge < -0.3 is 0 Å². The summed E-state index contributed by atoms with van der Waals surface area (Å²) in [5, 5.41) is 0. The minimum absolute atomic E-state index is 0.0906. The molecule has 1 aromatic rings. The second kappa shape index (κ2) is 7.24. The van der Waals surface area contributed by atoms with Crippen molar-refractivity contribution >= 4 is 21.5 Å². The first-order chi connectivity index (χ1) is 10.4. The summed E-state index contributed by atoms with van der Waals surface area (Å²) in [5.41, 5.74) is 1.09. The minimum atomic E-state index is -3.29. The molecule has 2 rings (SSSR count). The van der Waals surface area contributed by atoms with Crippen molar-refractivity contribution in [2.45, 2.75) is 38.6 Å². The molecular formula is C16H24N2O3S. The highest BCUT2D eigenvalue weighted by Gasteiger charge is 2.23. The van der Waals surface area contributed by atoms with Gasteiger partial charge in [-0.05, 0) is 57.1 Å². The van der Waals surface area contributed by atoms with Gasteiger partial charge in [0.05, 0.1) is 12.3 Å². The molecule has 0 saturated carbocycles. The number of hydrogen-bond donors (Lipinski definition) is 1. The van der Waals surface area contributed by atoms with E-state index in [0.717, 1.165) is 32.2 Å². The molecular weight excluding hydrogens is 300 g/mol. The van der Waals surface area contributed by atoms with Crippen LogP contribution >= 0.6 is 0 Å². The van der Waals surface area contributed by atoms with Gasteiger partial charge in [-0.25, -0.2) is 8.42 Å². The van der Waals surface area contributed by atoms with E-state index in [-0.39, 0.29) is 11.8 Å². The highest BCUT2D eigenvalue weighted by molar-refractivity contribution is 7.92. The van der Waals surface area contributed by atoms with E-state index in [1.807, 2.05) is 6.92 Å². The third-order valence-corrected chi connectivity index (χ3v) is 4.65. The zero-order chi connectivity index (χ0) is 16.2. The number of nitrogens with one attached hydrogen (secondary N) is 1. The molecule has 0 aliphatic carbocycles. The fourth-order valence-electron chi connectivity index (χ4n) is 2.81. The van der Waals surface area contributed by atoms with Crippen LogP contribution in [0.2, 0.25) is 0 Å². The Kier molecular flexibility index (Phi) is 5.58. The van der Waals surface area contributed by atoms with Crippen molar-refractivity contribution in [2.75, 3.05) is 24.1 Å². The Morgan fingerprint density at radius 1 is 1.09 bits per heavy atom. The molecule has 1 atom stereocenters. The van der Waals surface area contributed by atoms with E-state index in [9.17, 15) is 13.2 Å². The van der Waals surface area contributed by atoms with Crippen LogP contribution in [-0.4, -0.2) is 44.5 Å². The van der Waals surface area contributed by atoms with E-state index in [4.69, 9.17) is 0 Å². The van der Waals surface area contributed by atoms with Gasteiger partial charge in [0.2, 0.25) is 10.0 Å². The van der Waals surface area contributed by atoms with Crippen LogP contribution < -0.4 is 4.72 Å². The van der Waals surface area contributed by atoms with Gasteiger partial charge in [0, 0.05) is 11.3 Å². The van der Waals surface area contributed by atoms with Crippen LogP contribution in [0.3, 0.4) is 0 Å². The van der Waals surface area contributed by atoms with Gasteiger partial charge in [-0.1, -0.05) is 12.8 Å². The maximum absolute atomic E-state index is 12.6. The van der Waals surface area contributed by atoms with Gasteiger partial charge in [0.25, 0.3) is 0 Å². The van der Waals surface area contributed by atoms with Gasteiger partial charge in [-0.15, -0.1) is 0 Å². The minimum Gasteiger partial charge on any atom is -0.294 e. The van der Waals surface area contributed by atoms with Crippen molar-refractivity contribution in [3.05, 3.63) is 29.8 Å². The molecule has 0 aromatic heterocycles. The normalized spacial score (nSPS) is 18.5. The Labute approximate surface area is 132 Å². The number of rotatable bonds is 5. The van der Waals surface area contributed by atoms with Crippen molar-refractivity contribution in [3.63, 3.8) is 0 Å². The number of anilines is 1. The smallest absolute Gasteiger partial charge is 0.229 e. The van der Waals surface area contributed by atoms with E-state index >= 15 is 0 Å². The number of nitrogens with zero attached hydrogens (tertiary/aromatic N) is 1. The van der Waals surface area contributed by atoms with Crippen LogP contribution in [0.15, 0.2) is 24.3 Å². The fraction of sp³-hybridized carbons (Fsp3) is 0.562. The molecule has 0 amide bonds. The summed E-state index contributed by atoms with van der Waals surface area (Å²) >= 11 is 0. The molecule has 5 nitrogen and oxygen atoms in total. The van der Waals surface area contributed by atoms with Gasteiger partial charge in [-0.3, -0.25) is 14.4 Å². The Bertz CT molecular complexity index is 603. The Hall–Kier alpha value is -1.40. The molecule has 1 heterocycles. The van der Waals surface area contributed by atoms with E-state index in [1.54, 1.807) is 24.3 Å². The number of ketones is 1. The van der Waals surface area contributed by atoms with E-state index < -0.39 is 10.0 Å². The van der Waals surface area contributed by atoms with E-state index in [2.05, 4.69) is 9.62 Å². The monoisotopic (exact) mass is 324 g/mol. The number of sulfonamides is 1. The lowest BCUT2D eigenvalue weighted by Gasteiger charge is -2.26. The van der Waals surface area contributed by atoms with Gasteiger partial charge in [-0.2, -0.15) is 0 Å². The van der Waals surface area contributed by atoms with Gasteiger partial charge in [0.1, 0.15) is 0 Å². The van der Waals surface area contributed by atoms with E-state index in [0.29, 0.717) is 11.3 Å². The zero-order valence-electron chi connectivity index (χ0n) is 13.2. The number of hydrogen-bond acceptors (Lipinski definition) is 4. The maximum Gasteiger partial charge on any atom is 0.229 e. The van der Waals surface area contributed by atoms with Crippen LogP contribution in [-0.2, 0) is 10.0 Å². The molecule has 6 heteroatoms. The molecule has 1 aliphatic rings. The van der Waals surface area contributed by atoms with Crippen LogP contribution in [0.1, 0.15) is 43.0 Å². The maximum atomic E-state index is 12.6. The number of carbonyl (C=O) groups is 1. The Balaban J connectivity index is 2.05. The SMILES string of the molecule is CC(C(=O)c1ccc(NS(C)(=O)=O)cc1)N1CCCCCC1. The molecule has 0 spiro atoms. The summed E-state index contributed by atoms with van der Waals surface area (Å²) in [6.07, 6.45) is 5.88. The number of likely N-dealkylation sites (tertiary alicyclic amines) is 1. The quantitative estimate of drug-likeness (QED) is 0.845. The fourth-order valence-corrected chi connectivity index (χ4v) is 3.37. The zero-order valence-corrected chi connectivity index (χ0v) is 14.0. The third kappa shape index (κ3) is 4.81. The number of Topliss-reactive ketones (excluding diaryl/α,β-unsaturated/α-hetero) is 1. The average Bonchev–Trinajstić information content (AvgIpc) is 2.74. The highest BCUT2D eigenvalue weighted by Crippen LogP contribution is 2.17. The Morgan fingerprint density at radius 2 is 1.64 bits per heavy atom. The molecule has 1 unspecified atom stereocenters. The summed E-state index contributed by atoms with van der Waals surface area (Å²) in [4.78, 5) is 14.8. The predicted molar refractivity (Wildman–Crippen MR) is 88.7 cm³/mol. The molecule has 1 aromatic carbocycles.